The van der Waals surface area contributed by atoms with Gasteiger partial charge in [0.1, 0.15) is 0 Å². The number of aliphatic hydroxyl groups is 1. The van der Waals surface area contributed by atoms with E-state index in [1.54, 1.807) is 0 Å². The number of ether oxygens (including phenoxy) is 1. The van der Waals surface area contributed by atoms with Crippen LogP contribution in [0.5, 0.6) is 0 Å². The van der Waals surface area contributed by atoms with Crippen LogP contribution in [0.25, 0.3) is 0 Å². The zero-order valence-electron chi connectivity index (χ0n) is 32.7. The average Bonchev–Trinajstić information content (AvgIpc) is 3.09. The van der Waals surface area contributed by atoms with Crippen LogP contribution < -0.4 is 0 Å². The van der Waals surface area contributed by atoms with Crippen molar-refractivity contribution in [1.29, 1.82) is 0 Å². The molecule has 0 aromatic carbocycles. The molecule has 0 aromatic rings. The molecule has 0 fully saturated rings. The van der Waals surface area contributed by atoms with Gasteiger partial charge in [-0.3, -0.25) is 4.79 Å². The van der Waals surface area contributed by atoms with Crippen molar-refractivity contribution >= 4 is 5.97 Å². The molecule has 0 unspecified atom stereocenters. The number of hydrogen-bond acceptors (Lipinski definition) is 3. The predicted molar refractivity (Wildman–Crippen MR) is 213 cm³/mol. The molecule has 3 heteroatoms. The van der Waals surface area contributed by atoms with E-state index in [-0.39, 0.29) is 5.97 Å². The van der Waals surface area contributed by atoms with E-state index in [4.69, 9.17) is 9.84 Å². The standard InChI is InChI=1S/C45H86O3/c1-2-3-4-5-6-7-8-9-10-11-17-20-23-26-29-32-35-38-41-44-48-45(47)42-39-36-33-30-27-24-21-18-15-13-12-14-16-19-22-25-28-31-34-37-40-43-46/h15,18,23,26,46H,2-14,16-17,19-22,24-25,27-44H2,1H3/b18-15-,26-23-. The molecule has 0 saturated heterocycles. The van der Waals surface area contributed by atoms with Crippen molar-refractivity contribution in [3.05, 3.63) is 24.3 Å². The Morgan fingerprint density at radius 3 is 1.04 bits per heavy atom. The van der Waals surface area contributed by atoms with Gasteiger partial charge in [0.2, 0.25) is 0 Å². The summed E-state index contributed by atoms with van der Waals surface area (Å²) in [4.78, 5) is 12.0. The average molecular weight is 675 g/mol. The summed E-state index contributed by atoms with van der Waals surface area (Å²) < 4.78 is 5.46. The van der Waals surface area contributed by atoms with Gasteiger partial charge in [-0.15, -0.1) is 0 Å². The maximum absolute atomic E-state index is 12.0. The second-order valence-corrected chi connectivity index (χ2v) is 14.8. The van der Waals surface area contributed by atoms with Gasteiger partial charge in [-0.25, -0.2) is 0 Å². The Kier molecular flexibility index (Phi) is 42.9. The van der Waals surface area contributed by atoms with E-state index in [9.17, 15) is 4.79 Å². The van der Waals surface area contributed by atoms with Gasteiger partial charge in [-0.05, 0) is 70.6 Å². The number of aliphatic hydroxyl groups excluding tert-OH is 1. The molecule has 0 heterocycles. The highest BCUT2D eigenvalue weighted by Crippen LogP contribution is 2.15. The topological polar surface area (TPSA) is 46.5 Å². The van der Waals surface area contributed by atoms with Crippen LogP contribution in [-0.2, 0) is 9.53 Å². The highest BCUT2D eigenvalue weighted by molar-refractivity contribution is 5.69. The van der Waals surface area contributed by atoms with E-state index >= 15 is 0 Å². The summed E-state index contributed by atoms with van der Waals surface area (Å²) in [5.74, 6) is 0.00623. The molecule has 3 nitrogen and oxygen atoms in total. The zero-order valence-corrected chi connectivity index (χ0v) is 32.7. The molecule has 0 rings (SSSR count). The number of rotatable bonds is 41. The molecule has 0 aliphatic carbocycles. The monoisotopic (exact) mass is 675 g/mol. The number of unbranched alkanes of at least 4 members (excludes halogenated alkanes) is 32. The van der Waals surface area contributed by atoms with Gasteiger partial charge in [0, 0.05) is 13.0 Å². The molecule has 1 N–H and O–H groups in total. The first-order valence-corrected chi connectivity index (χ1v) is 21.9. The Hall–Kier alpha value is -1.09. The minimum absolute atomic E-state index is 0.00623. The van der Waals surface area contributed by atoms with E-state index < -0.39 is 0 Å². The zero-order chi connectivity index (χ0) is 34.7. The molecule has 0 radical (unpaired) electrons. The molecule has 0 atom stereocenters. The summed E-state index contributed by atoms with van der Waals surface area (Å²) in [6, 6.07) is 0. The van der Waals surface area contributed by atoms with Crippen LogP contribution in [0.2, 0.25) is 0 Å². The van der Waals surface area contributed by atoms with Crippen LogP contribution in [0.4, 0.5) is 0 Å². The fraction of sp³-hybridized carbons (Fsp3) is 0.889. The Morgan fingerprint density at radius 1 is 0.396 bits per heavy atom. The largest absolute Gasteiger partial charge is 0.466 e. The fourth-order valence-electron chi connectivity index (χ4n) is 6.58. The number of allylic oxidation sites excluding steroid dienone is 4. The first-order chi connectivity index (χ1) is 23.8. The van der Waals surface area contributed by atoms with Crippen molar-refractivity contribution in [2.24, 2.45) is 0 Å². The van der Waals surface area contributed by atoms with E-state index in [0.717, 1.165) is 25.7 Å². The van der Waals surface area contributed by atoms with Gasteiger partial charge in [0.15, 0.2) is 0 Å². The smallest absolute Gasteiger partial charge is 0.305 e. The van der Waals surface area contributed by atoms with Crippen LogP contribution in [0, 0.1) is 0 Å². The van der Waals surface area contributed by atoms with Crippen molar-refractivity contribution in [2.75, 3.05) is 13.2 Å². The number of hydrogen-bond donors (Lipinski definition) is 1. The summed E-state index contributed by atoms with van der Waals surface area (Å²) >= 11 is 0. The Labute approximate surface area is 301 Å². The van der Waals surface area contributed by atoms with Crippen molar-refractivity contribution in [1.82, 2.24) is 0 Å². The van der Waals surface area contributed by atoms with Crippen molar-refractivity contribution in [2.45, 2.75) is 244 Å². The summed E-state index contributed by atoms with van der Waals surface area (Å²) in [6.45, 7) is 3.25. The first kappa shape index (κ1) is 46.9. The third kappa shape index (κ3) is 42.9. The van der Waals surface area contributed by atoms with Crippen molar-refractivity contribution < 1.29 is 14.6 Å². The summed E-state index contributed by atoms with van der Waals surface area (Å²) in [5, 5.41) is 8.80. The Morgan fingerprint density at radius 2 is 0.688 bits per heavy atom. The molecule has 0 saturated carbocycles. The van der Waals surface area contributed by atoms with Gasteiger partial charge in [0.05, 0.1) is 6.61 Å². The normalized spacial score (nSPS) is 11.8. The Bertz CT molecular complexity index is 655. The van der Waals surface area contributed by atoms with E-state index in [1.807, 2.05) is 0 Å². The van der Waals surface area contributed by atoms with Gasteiger partial charge in [-0.1, -0.05) is 192 Å². The first-order valence-electron chi connectivity index (χ1n) is 21.9. The molecule has 0 bridgehead atoms. The molecule has 0 spiro atoms. The second-order valence-electron chi connectivity index (χ2n) is 14.8. The van der Waals surface area contributed by atoms with Gasteiger partial charge >= 0.3 is 5.97 Å². The molecular formula is C45H86O3. The lowest BCUT2D eigenvalue weighted by Crippen LogP contribution is -2.05. The maximum atomic E-state index is 12.0. The van der Waals surface area contributed by atoms with E-state index in [2.05, 4.69) is 31.2 Å². The van der Waals surface area contributed by atoms with E-state index in [0.29, 0.717) is 19.6 Å². The minimum atomic E-state index is 0.00623. The lowest BCUT2D eigenvalue weighted by atomic mass is 10.0. The molecular weight excluding hydrogens is 588 g/mol. The van der Waals surface area contributed by atoms with E-state index in [1.165, 1.54) is 205 Å². The Balaban J connectivity index is 3.23. The van der Waals surface area contributed by atoms with Crippen molar-refractivity contribution in [3.8, 4) is 0 Å². The third-order valence-electron chi connectivity index (χ3n) is 9.87. The molecule has 0 aromatic heterocycles. The summed E-state index contributed by atoms with van der Waals surface area (Å²) in [7, 11) is 0. The molecule has 0 amide bonds. The highest BCUT2D eigenvalue weighted by atomic mass is 16.5. The van der Waals surface area contributed by atoms with Crippen LogP contribution in [0.3, 0.4) is 0 Å². The van der Waals surface area contributed by atoms with Gasteiger partial charge < -0.3 is 9.84 Å². The lowest BCUT2D eigenvalue weighted by Gasteiger charge is -2.05. The SMILES string of the molecule is CCCCCCCCCCCCC/C=C\CCCCCCOC(=O)CCCCCCCC/C=C\CCCCCCCCCCCCCO. The number of carbonyl (C=O) groups excluding carboxylic acids is 1. The number of esters is 1. The highest BCUT2D eigenvalue weighted by Gasteiger charge is 2.02. The second kappa shape index (κ2) is 43.9. The van der Waals surface area contributed by atoms with Crippen LogP contribution in [0.15, 0.2) is 24.3 Å². The third-order valence-corrected chi connectivity index (χ3v) is 9.87. The van der Waals surface area contributed by atoms with Crippen LogP contribution >= 0.6 is 0 Å². The minimum Gasteiger partial charge on any atom is -0.466 e. The predicted octanol–water partition coefficient (Wildman–Crippen LogP) is 15.1. The van der Waals surface area contributed by atoms with Crippen LogP contribution in [0.1, 0.15) is 244 Å². The van der Waals surface area contributed by atoms with Gasteiger partial charge in [-0.2, -0.15) is 0 Å². The van der Waals surface area contributed by atoms with Crippen LogP contribution in [-0.4, -0.2) is 24.3 Å². The lowest BCUT2D eigenvalue weighted by molar-refractivity contribution is -0.143. The molecule has 0 aliphatic heterocycles. The maximum Gasteiger partial charge on any atom is 0.305 e. The van der Waals surface area contributed by atoms with Crippen molar-refractivity contribution in [3.63, 3.8) is 0 Å². The molecule has 48 heavy (non-hydrogen) atoms. The quantitative estimate of drug-likeness (QED) is 0.0399. The number of carbonyl (C=O) groups is 1. The summed E-state index contributed by atoms with van der Waals surface area (Å²) in [5.41, 5.74) is 0. The fourth-order valence-corrected chi connectivity index (χ4v) is 6.58. The van der Waals surface area contributed by atoms with Gasteiger partial charge in [0.25, 0.3) is 0 Å². The molecule has 0 aliphatic rings. The summed E-state index contributed by atoms with van der Waals surface area (Å²) in [6.07, 6.45) is 57.2. The molecule has 284 valence electrons.